The van der Waals surface area contributed by atoms with Crippen molar-refractivity contribution in [3.8, 4) is 5.75 Å². The molecule has 0 spiro atoms. The lowest BCUT2D eigenvalue weighted by atomic mass is 10.5. The number of methoxy groups -OCH3 is 1. The minimum Gasteiger partial charge on any atom is -0.489 e. The molecule has 2 heterocycles. The Bertz CT molecular complexity index is 505. The standard InChI is InChI=1S/C9H11N5O2/c1-16-7-8(13-5-14-9(7)15)12-4-6-10-2-3-11-6/h2-3,5H,4H2,1H3,(H,10,11)(H2,12,13,14,15). The number of hydrogen-bond acceptors (Lipinski definition) is 5. The van der Waals surface area contributed by atoms with E-state index in [2.05, 4.69) is 25.3 Å². The van der Waals surface area contributed by atoms with Gasteiger partial charge in [-0.15, -0.1) is 0 Å². The largest absolute Gasteiger partial charge is 0.489 e. The highest BCUT2D eigenvalue weighted by atomic mass is 16.5. The summed E-state index contributed by atoms with van der Waals surface area (Å²) in [6.45, 7) is 0.444. The van der Waals surface area contributed by atoms with Gasteiger partial charge in [0, 0.05) is 12.4 Å². The number of nitrogens with zero attached hydrogens (tertiary/aromatic N) is 2. The third-order valence-electron chi connectivity index (χ3n) is 1.99. The van der Waals surface area contributed by atoms with Crippen LogP contribution in [-0.4, -0.2) is 27.0 Å². The third-order valence-corrected chi connectivity index (χ3v) is 1.99. The van der Waals surface area contributed by atoms with Crippen LogP contribution in [0.1, 0.15) is 5.82 Å². The maximum Gasteiger partial charge on any atom is 0.295 e. The molecule has 0 unspecified atom stereocenters. The fraction of sp³-hybridized carbons (Fsp3) is 0.222. The second kappa shape index (κ2) is 4.47. The molecule has 0 aliphatic rings. The molecule has 2 aromatic rings. The van der Waals surface area contributed by atoms with Gasteiger partial charge < -0.3 is 20.0 Å². The average Bonchev–Trinajstić information content (AvgIpc) is 2.79. The second-order valence-corrected chi connectivity index (χ2v) is 3.00. The molecule has 0 bridgehead atoms. The lowest BCUT2D eigenvalue weighted by molar-refractivity contribution is 0.408. The number of aromatic amines is 2. The molecule has 0 radical (unpaired) electrons. The monoisotopic (exact) mass is 221 g/mol. The first-order valence-electron chi connectivity index (χ1n) is 4.65. The van der Waals surface area contributed by atoms with E-state index in [0.29, 0.717) is 12.4 Å². The van der Waals surface area contributed by atoms with Crippen LogP contribution in [-0.2, 0) is 6.54 Å². The van der Waals surface area contributed by atoms with E-state index in [-0.39, 0.29) is 11.3 Å². The number of rotatable bonds is 4. The smallest absolute Gasteiger partial charge is 0.295 e. The van der Waals surface area contributed by atoms with Crippen LogP contribution < -0.4 is 15.6 Å². The molecule has 0 saturated heterocycles. The fourth-order valence-electron chi connectivity index (χ4n) is 1.26. The van der Waals surface area contributed by atoms with Gasteiger partial charge in [0.25, 0.3) is 5.56 Å². The van der Waals surface area contributed by atoms with Crippen molar-refractivity contribution in [1.29, 1.82) is 0 Å². The summed E-state index contributed by atoms with van der Waals surface area (Å²) in [6, 6.07) is 0. The Morgan fingerprint density at radius 3 is 3.00 bits per heavy atom. The maximum atomic E-state index is 11.3. The minimum absolute atomic E-state index is 0.161. The second-order valence-electron chi connectivity index (χ2n) is 3.00. The van der Waals surface area contributed by atoms with Gasteiger partial charge in [-0.05, 0) is 0 Å². The molecule has 16 heavy (non-hydrogen) atoms. The van der Waals surface area contributed by atoms with Gasteiger partial charge in [0.2, 0.25) is 5.75 Å². The number of H-pyrrole nitrogens is 2. The first-order chi connectivity index (χ1) is 7.81. The van der Waals surface area contributed by atoms with E-state index < -0.39 is 0 Å². The maximum absolute atomic E-state index is 11.3. The van der Waals surface area contributed by atoms with Gasteiger partial charge in [-0.2, -0.15) is 0 Å². The number of nitrogens with one attached hydrogen (secondary N) is 3. The Morgan fingerprint density at radius 2 is 2.31 bits per heavy atom. The van der Waals surface area contributed by atoms with Gasteiger partial charge in [0.1, 0.15) is 5.82 Å². The van der Waals surface area contributed by atoms with E-state index in [1.807, 2.05) is 0 Å². The molecule has 0 amide bonds. The third kappa shape index (κ3) is 2.02. The predicted octanol–water partition coefficient (Wildman–Crippen LogP) is 0.114. The Balaban J connectivity index is 2.15. The van der Waals surface area contributed by atoms with Gasteiger partial charge in [-0.1, -0.05) is 0 Å². The zero-order valence-corrected chi connectivity index (χ0v) is 8.65. The van der Waals surface area contributed by atoms with Gasteiger partial charge in [0.05, 0.1) is 20.0 Å². The summed E-state index contributed by atoms with van der Waals surface area (Å²) in [5, 5.41) is 2.96. The molecule has 84 valence electrons. The first kappa shape index (κ1) is 10.2. The molecular formula is C9H11N5O2. The molecule has 2 rings (SSSR count). The number of hydrogen-bond donors (Lipinski definition) is 3. The topological polar surface area (TPSA) is 95.7 Å². The van der Waals surface area contributed by atoms with Gasteiger partial charge in [-0.25, -0.2) is 9.97 Å². The first-order valence-corrected chi connectivity index (χ1v) is 4.65. The van der Waals surface area contributed by atoms with Gasteiger partial charge in [-0.3, -0.25) is 4.79 Å². The van der Waals surface area contributed by atoms with Crippen LogP contribution in [0.25, 0.3) is 0 Å². The van der Waals surface area contributed by atoms with Crippen molar-refractivity contribution in [2.45, 2.75) is 6.54 Å². The summed E-state index contributed by atoms with van der Waals surface area (Å²) in [7, 11) is 1.42. The Morgan fingerprint density at radius 1 is 1.44 bits per heavy atom. The van der Waals surface area contributed by atoms with Crippen molar-refractivity contribution in [3.05, 3.63) is 34.9 Å². The summed E-state index contributed by atoms with van der Waals surface area (Å²) in [5.74, 6) is 1.31. The highest BCUT2D eigenvalue weighted by Crippen LogP contribution is 2.14. The molecule has 0 aromatic carbocycles. The Kier molecular flexibility index (Phi) is 2.86. The number of anilines is 1. The fourth-order valence-corrected chi connectivity index (χ4v) is 1.26. The van der Waals surface area contributed by atoms with Crippen LogP contribution in [0.2, 0.25) is 0 Å². The number of imidazole rings is 1. The molecule has 2 aromatic heterocycles. The molecule has 0 atom stereocenters. The van der Waals surface area contributed by atoms with E-state index in [0.717, 1.165) is 5.82 Å². The van der Waals surface area contributed by atoms with Crippen LogP contribution in [0.5, 0.6) is 5.75 Å². The SMILES string of the molecule is COc1c(NCc2ncc[nH]2)nc[nH]c1=O. The molecule has 0 aliphatic heterocycles. The highest BCUT2D eigenvalue weighted by molar-refractivity contribution is 5.47. The van der Waals surface area contributed by atoms with E-state index in [1.165, 1.54) is 13.4 Å². The normalized spacial score (nSPS) is 10.1. The van der Waals surface area contributed by atoms with Crippen LogP contribution >= 0.6 is 0 Å². The average molecular weight is 221 g/mol. The summed E-state index contributed by atoms with van der Waals surface area (Å²) in [5.41, 5.74) is -0.320. The van der Waals surface area contributed by atoms with E-state index >= 15 is 0 Å². The Hall–Kier alpha value is -2.31. The van der Waals surface area contributed by atoms with E-state index in [4.69, 9.17) is 4.74 Å². The summed E-state index contributed by atoms with van der Waals surface area (Å²) >= 11 is 0. The van der Waals surface area contributed by atoms with Crippen molar-refractivity contribution in [2.75, 3.05) is 12.4 Å². The zero-order valence-electron chi connectivity index (χ0n) is 8.65. The molecule has 0 saturated carbocycles. The highest BCUT2D eigenvalue weighted by Gasteiger charge is 2.08. The van der Waals surface area contributed by atoms with Crippen LogP contribution in [0.3, 0.4) is 0 Å². The quantitative estimate of drug-likeness (QED) is 0.681. The summed E-state index contributed by atoms with van der Waals surface area (Å²) in [6.07, 6.45) is 4.69. The van der Waals surface area contributed by atoms with Gasteiger partial charge >= 0.3 is 0 Å². The van der Waals surface area contributed by atoms with Crippen molar-refractivity contribution < 1.29 is 4.74 Å². The molecule has 0 aliphatic carbocycles. The Labute approximate surface area is 90.9 Å². The number of aromatic nitrogens is 4. The van der Waals surface area contributed by atoms with Crippen LogP contribution in [0.15, 0.2) is 23.5 Å². The van der Waals surface area contributed by atoms with Crippen LogP contribution in [0, 0.1) is 0 Å². The molecule has 0 fully saturated rings. The van der Waals surface area contributed by atoms with E-state index in [1.54, 1.807) is 12.4 Å². The van der Waals surface area contributed by atoms with Gasteiger partial charge in [0.15, 0.2) is 5.82 Å². The molecular weight excluding hydrogens is 210 g/mol. The predicted molar refractivity (Wildman–Crippen MR) is 57.3 cm³/mol. The van der Waals surface area contributed by atoms with Crippen molar-refractivity contribution in [1.82, 2.24) is 19.9 Å². The lowest BCUT2D eigenvalue weighted by Gasteiger charge is -2.06. The minimum atomic E-state index is -0.320. The summed E-state index contributed by atoms with van der Waals surface area (Å²) in [4.78, 5) is 24.7. The number of ether oxygens (including phenoxy) is 1. The van der Waals surface area contributed by atoms with Crippen molar-refractivity contribution in [2.24, 2.45) is 0 Å². The van der Waals surface area contributed by atoms with E-state index in [9.17, 15) is 4.79 Å². The zero-order chi connectivity index (χ0) is 11.4. The summed E-state index contributed by atoms with van der Waals surface area (Å²) < 4.78 is 4.95. The van der Waals surface area contributed by atoms with Crippen molar-refractivity contribution in [3.63, 3.8) is 0 Å². The van der Waals surface area contributed by atoms with Crippen LogP contribution in [0.4, 0.5) is 5.82 Å². The lowest BCUT2D eigenvalue weighted by Crippen LogP contribution is -2.14. The molecule has 7 heteroatoms. The molecule has 7 nitrogen and oxygen atoms in total. The van der Waals surface area contributed by atoms with Crippen molar-refractivity contribution >= 4 is 5.82 Å². The molecule has 3 N–H and O–H groups in total.